The van der Waals surface area contributed by atoms with E-state index in [1.807, 2.05) is 19.2 Å². The summed E-state index contributed by atoms with van der Waals surface area (Å²) in [5.74, 6) is 0.840. The molecule has 1 aromatic carbocycles. The molecule has 1 aromatic rings. The van der Waals surface area contributed by atoms with Crippen LogP contribution in [0.2, 0.25) is 0 Å². The van der Waals surface area contributed by atoms with E-state index < -0.39 is 6.10 Å². The molecule has 2 N–H and O–H groups in total. The second-order valence-electron chi connectivity index (χ2n) is 4.03. The fourth-order valence-electron chi connectivity index (χ4n) is 1.60. The summed E-state index contributed by atoms with van der Waals surface area (Å²) < 4.78 is 5.55. The largest absolute Gasteiger partial charge is 0.491 e. The first-order valence-electron chi connectivity index (χ1n) is 5.71. The number of rotatable bonds is 6. The molecule has 0 aliphatic rings. The summed E-state index contributed by atoms with van der Waals surface area (Å²) in [6.45, 7) is 5.05. The van der Waals surface area contributed by atoms with Gasteiger partial charge in [0.2, 0.25) is 0 Å². The second kappa shape index (κ2) is 6.51. The summed E-state index contributed by atoms with van der Waals surface area (Å²) in [4.78, 5) is 0. The quantitative estimate of drug-likeness (QED) is 0.768. The van der Waals surface area contributed by atoms with Crippen LogP contribution in [0.4, 0.5) is 0 Å². The highest BCUT2D eigenvalue weighted by Gasteiger charge is 2.04. The van der Waals surface area contributed by atoms with E-state index in [-0.39, 0.29) is 0 Å². The normalized spacial score (nSPS) is 12.5. The Bertz CT molecular complexity index is 326. The number of ether oxygens (including phenoxy) is 1. The highest BCUT2D eigenvalue weighted by atomic mass is 16.5. The highest BCUT2D eigenvalue weighted by Crippen LogP contribution is 2.17. The Kier molecular flexibility index (Phi) is 5.29. The van der Waals surface area contributed by atoms with Crippen LogP contribution in [0.25, 0.3) is 0 Å². The molecule has 0 saturated heterocycles. The summed E-state index contributed by atoms with van der Waals surface area (Å²) >= 11 is 0. The van der Waals surface area contributed by atoms with Gasteiger partial charge in [0.25, 0.3) is 0 Å². The van der Waals surface area contributed by atoms with Gasteiger partial charge in [-0.25, -0.2) is 0 Å². The van der Waals surface area contributed by atoms with Crippen molar-refractivity contribution < 1.29 is 9.84 Å². The van der Waals surface area contributed by atoms with Crippen molar-refractivity contribution in [1.82, 2.24) is 5.32 Å². The van der Waals surface area contributed by atoms with Crippen LogP contribution in [0.3, 0.4) is 0 Å². The second-order valence-corrected chi connectivity index (χ2v) is 4.03. The maximum atomic E-state index is 9.52. The molecule has 0 saturated carbocycles. The highest BCUT2D eigenvalue weighted by molar-refractivity contribution is 5.33. The molecular formula is C13H21NO2. The number of hydrogen-bond donors (Lipinski definition) is 2. The molecule has 0 fully saturated rings. The van der Waals surface area contributed by atoms with Gasteiger partial charge in [0.05, 0.1) is 0 Å². The van der Waals surface area contributed by atoms with Crippen LogP contribution in [-0.4, -0.2) is 31.4 Å². The molecule has 16 heavy (non-hydrogen) atoms. The van der Waals surface area contributed by atoms with Crippen molar-refractivity contribution in [2.45, 2.75) is 26.4 Å². The monoisotopic (exact) mass is 223 g/mol. The smallest absolute Gasteiger partial charge is 0.119 e. The number of aryl methyl sites for hydroxylation is 2. The molecule has 1 unspecified atom stereocenters. The van der Waals surface area contributed by atoms with Crippen LogP contribution >= 0.6 is 0 Å². The topological polar surface area (TPSA) is 41.5 Å². The number of aliphatic hydroxyl groups excluding tert-OH is 1. The van der Waals surface area contributed by atoms with Crippen molar-refractivity contribution >= 4 is 0 Å². The Morgan fingerprint density at radius 1 is 1.38 bits per heavy atom. The standard InChI is InChI=1S/C13H21NO2/c1-4-11-5-10(2)6-13(7-11)16-9-12(15)8-14-3/h5-7,12,14-15H,4,8-9H2,1-3H3. The minimum atomic E-state index is -0.462. The SMILES string of the molecule is CCc1cc(C)cc(OCC(O)CNC)c1. The molecule has 0 heterocycles. The minimum absolute atomic E-state index is 0.327. The zero-order valence-corrected chi connectivity index (χ0v) is 10.3. The van der Waals surface area contributed by atoms with E-state index in [0.717, 1.165) is 12.2 Å². The molecule has 0 aliphatic heterocycles. The van der Waals surface area contributed by atoms with Gasteiger partial charge in [0.15, 0.2) is 0 Å². The molecular weight excluding hydrogens is 202 g/mol. The Balaban J connectivity index is 2.56. The van der Waals surface area contributed by atoms with E-state index in [1.165, 1.54) is 11.1 Å². The Labute approximate surface area is 97.4 Å². The van der Waals surface area contributed by atoms with Gasteiger partial charge in [-0.3, -0.25) is 0 Å². The lowest BCUT2D eigenvalue weighted by atomic mass is 10.1. The lowest BCUT2D eigenvalue weighted by Gasteiger charge is -2.13. The Hall–Kier alpha value is -1.06. The van der Waals surface area contributed by atoms with E-state index >= 15 is 0 Å². The first-order chi connectivity index (χ1) is 7.65. The first-order valence-corrected chi connectivity index (χ1v) is 5.71. The van der Waals surface area contributed by atoms with Crippen molar-refractivity contribution in [3.63, 3.8) is 0 Å². The number of nitrogens with one attached hydrogen (secondary N) is 1. The van der Waals surface area contributed by atoms with Crippen molar-refractivity contribution in [1.29, 1.82) is 0 Å². The lowest BCUT2D eigenvalue weighted by Crippen LogP contribution is -2.29. The Morgan fingerprint density at radius 3 is 2.75 bits per heavy atom. The predicted molar refractivity (Wildman–Crippen MR) is 66.0 cm³/mol. The molecule has 0 aliphatic carbocycles. The molecule has 1 atom stereocenters. The van der Waals surface area contributed by atoms with E-state index in [2.05, 4.69) is 25.2 Å². The van der Waals surface area contributed by atoms with Crippen LogP contribution in [-0.2, 0) is 6.42 Å². The molecule has 0 spiro atoms. The average Bonchev–Trinajstić information content (AvgIpc) is 2.26. The molecule has 0 radical (unpaired) electrons. The van der Waals surface area contributed by atoms with Crippen molar-refractivity contribution in [2.75, 3.05) is 20.2 Å². The van der Waals surface area contributed by atoms with Crippen molar-refractivity contribution in [2.24, 2.45) is 0 Å². The summed E-state index contributed by atoms with van der Waals surface area (Å²) in [6, 6.07) is 6.17. The molecule has 90 valence electrons. The van der Waals surface area contributed by atoms with Crippen LogP contribution in [0.15, 0.2) is 18.2 Å². The van der Waals surface area contributed by atoms with Gasteiger partial charge in [-0.2, -0.15) is 0 Å². The summed E-state index contributed by atoms with van der Waals surface area (Å²) in [6.07, 6.45) is 0.535. The number of hydrogen-bond acceptors (Lipinski definition) is 3. The van der Waals surface area contributed by atoms with Gasteiger partial charge in [0, 0.05) is 6.54 Å². The molecule has 0 aromatic heterocycles. The molecule has 0 bridgehead atoms. The van der Waals surface area contributed by atoms with E-state index in [9.17, 15) is 5.11 Å². The number of likely N-dealkylation sites (N-methyl/N-ethyl adjacent to an activating group) is 1. The molecule has 1 rings (SSSR count). The third-order valence-corrected chi connectivity index (χ3v) is 2.40. The summed E-state index contributed by atoms with van der Waals surface area (Å²) in [5.41, 5.74) is 2.45. The van der Waals surface area contributed by atoms with Crippen LogP contribution < -0.4 is 10.1 Å². The van der Waals surface area contributed by atoms with E-state index in [1.54, 1.807) is 0 Å². The third-order valence-electron chi connectivity index (χ3n) is 2.40. The minimum Gasteiger partial charge on any atom is -0.491 e. The molecule has 3 nitrogen and oxygen atoms in total. The maximum absolute atomic E-state index is 9.52. The fourth-order valence-corrected chi connectivity index (χ4v) is 1.60. The van der Waals surface area contributed by atoms with Gasteiger partial charge >= 0.3 is 0 Å². The van der Waals surface area contributed by atoms with E-state index in [0.29, 0.717) is 13.2 Å². The van der Waals surface area contributed by atoms with Crippen LogP contribution in [0, 0.1) is 6.92 Å². The first kappa shape index (κ1) is 13.0. The van der Waals surface area contributed by atoms with Gasteiger partial charge in [0.1, 0.15) is 18.5 Å². The van der Waals surface area contributed by atoms with E-state index in [4.69, 9.17) is 4.74 Å². The van der Waals surface area contributed by atoms with Gasteiger partial charge in [-0.1, -0.05) is 13.0 Å². The van der Waals surface area contributed by atoms with Gasteiger partial charge in [-0.15, -0.1) is 0 Å². The van der Waals surface area contributed by atoms with Gasteiger partial charge < -0.3 is 15.2 Å². The maximum Gasteiger partial charge on any atom is 0.119 e. The molecule has 0 amide bonds. The lowest BCUT2D eigenvalue weighted by molar-refractivity contribution is 0.108. The third kappa shape index (κ3) is 4.21. The average molecular weight is 223 g/mol. The summed E-state index contributed by atoms with van der Waals surface area (Å²) in [7, 11) is 1.81. The Morgan fingerprint density at radius 2 is 2.12 bits per heavy atom. The van der Waals surface area contributed by atoms with Crippen LogP contribution in [0.5, 0.6) is 5.75 Å². The predicted octanol–water partition coefficient (Wildman–Crippen LogP) is 1.52. The zero-order chi connectivity index (χ0) is 12.0. The van der Waals surface area contributed by atoms with Crippen molar-refractivity contribution in [3.8, 4) is 5.75 Å². The van der Waals surface area contributed by atoms with Crippen LogP contribution in [0.1, 0.15) is 18.1 Å². The van der Waals surface area contributed by atoms with Crippen molar-refractivity contribution in [3.05, 3.63) is 29.3 Å². The molecule has 3 heteroatoms. The van der Waals surface area contributed by atoms with Gasteiger partial charge in [-0.05, 0) is 43.7 Å². The number of benzene rings is 1. The zero-order valence-electron chi connectivity index (χ0n) is 10.3. The number of aliphatic hydroxyl groups is 1. The summed E-state index contributed by atoms with van der Waals surface area (Å²) in [5, 5.41) is 12.4. The fraction of sp³-hybridized carbons (Fsp3) is 0.538.